The lowest BCUT2D eigenvalue weighted by Gasteiger charge is -2.19. The second-order valence-electron chi connectivity index (χ2n) is 14.9. The van der Waals surface area contributed by atoms with Crippen LogP contribution in [-0.4, -0.2) is 9.13 Å². The number of rotatable bonds is 8. The molecule has 254 valence electrons. The summed E-state index contributed by atoms with van der Waals surface area (Å²) in [7, 11) is 0. The van der Waals surface area contributed by atoms with E-state index in [1.54, 1.807) is 0 Å². The van der Waals surface area contributed by atoms with Crippen LogP contribution in [0.3, 0.4) is 0 Å². The standard InChI is InChI=1S/C46H52N4/c1-29-19-31(3)39(32(4)20-29)23-47-27-49(45-17-13-11-15-43(45)47)25-41-35(7)37(9)42(38(10)36(41)8)26-50-28-48(44-16-12-14-18-46(44)50)24-40-33(5)21-30(2)22-34(40)6/h11-22,27-28H,23-26H2,1-10H3/q+2. The average Bonchev–Trinajstić information content (AvgIpc) is 3.61. The van der Waals surface area contributed by atoms with Crippen LogP contribution in [0.1, 0.15) is 77.9 Å². The van der Waals surface area contributed by atoms with Crippen LogP contribution in [0.5, 0.6) is 0 Å². The van der Waals surface area contributed by atoms with E-state index >= 15 is 0 Å². The zero-order valence-corrected chi connectivity index (χ0v) is 31.7. The molecule has 0 fully saturated rings. The summed E-state index contributed by atoms with van der Waals surface area (Å²) in [6, 6.07) is 27.0. The highest BCUT2D eigenvalue weighted by atomic mass is 15.1. The van der Waals surface area contributed by atoms with Crippen LogP contribution in [0.15, 0.2) is 85.5 Å². The fraction of sp³-hybridized carbons (Fsp3) is 0.304. The summed E-state index contributed by atoms with van der Waals surface area (Å²) in [5, 5.41) is 0. The van der Waals surface area contributed by atoms with Crippen molar-refractivity contribution in [2.45, 2.75) is 95.4 Å². The Kier molecular flexibility index (Phi) is 8.76. The lowest BCUT2D eigenvalue weighted by atomic mass is 9.88. The molecule has 2 heterocycles. The molecule has 7 aromatic rings. The van der Waals surface area contributed by atoms with Gasteiger partial charge in [-0.2, -0.15) is 0 Å². The van der Waals surface area contributed by atoms with Crippen molar-refractivity contribution in [3.63, 3.8) is 0 Å². The van der Waals surface area contributed by atoms with Crippen LogP contribution in [0.4, 0.5) is 0 Å². The van der Waals surface area contributed by atoms with Crippen LogP contribution < -0.4 is 9.13 Å². The highest BCUT2D eigenvalue weighted by Gasteiger charge is 2.24. The van der Waals surface area contributed by atoms with Gasteiger partial charge in [0.2, 0.25) is 12.7 Å². The van der Waals surface area contributed by atoms with Gasteiger partial charge >= 0.3 is 0 Å². The van der Waals surface area contributed by atoms with E-state index in [2.05, 4.69) is 173 Å². The number of fused-ring (bicyclic) bond motifs is 2. The van der Waals surface area contributed by atoms with E-state index in [4.69, 9.17) is 0 Å². The largest absolute Gasteiger partial charge is 0.245 e. The van der Waals surface area contributed by atoms with Gasteiger partial charge in [0.15, 0.2) is 22.1 Å². The van der Waals surface area contributed by atoms with Gasteiger partial charge in [0.05, 0.1) is 0 Å². The average molecular weight is 661 g/mol. The molecular weight excluding hydrogens is 609 g/mol. The lowest BCUT2D eigenvalue weighted by molar-refractivity contribution is -0.664. The summed E-state index contributed by atoms with van der Waals surface area (Å²) in [5.41, 5.74) is 24.5. The van der Waals surface area contributed by atoms with Crippen LogP contribution in [0.2, 0.25) is 0 Å². The SMILES string of the molecule is Cc1cc(C)c(Cn2c[n+](Cc3c(C)c(C)c(C[n+]4cn(Cc5c(C)cc(C)cc5C)c5ccccc54)c(C)c3C)c3ccccc32)c(C)c1. The van der Waals surface area contributed by atoms with E-state index in [0.717, 1.165) is 26.2 Å². The summed E-state index contributed by atoms with van der Waals surface area (Å²) < 4.78 is 9.79. The lowest BCUT2D eigenvalue weighted by Crippen LogP contribution is -2.35. The number of nitrogens with zero attached hydrogens (tertiary/aromatic N) is 4. The summed E-state index contributed by atoms with van der Waals surface area (Å²) in [6.07, 6.45) is 4.67. The van der Waals surface area contributed by atoms with Crippen molar-refractivity contribution >= 4 is 22.1 Å². The predicted octanol–water partition coefficient (Wildman–Crippen LogP) is 9.45. The summed E-state index contributed by atoms with van der Waals surface area (Å²) in [6.45, 7) is 26.1. The van der Waals surface area contributed by atoms with E-state index in [1.165, 1.54) is 100.0 Å². The van der Waals surface area contributed by atoms with E-state index < -0.39 is 0 Å². The molecule has 5 aromatic carbocycles. The zero-order valence-electron chi connectivity index (χ0n) is 31.7. The van der Waals surface area contributed by atoms with Gasteiger partial charge in [-0.1, -0.05) is 59.7 Å². The normalized spacial score (nSPS) is 11.7. The Bertz CT molecular complexity index is 2190. The quantitative estimate of drug-likeness (QED) is 0.145. The van der Waals surface area contributed by atoms with Crippen LogP contribution in [0.25, 0.3) is 22.1 Å². The topological polar surface area (TPSA) is 17.6 Å². The Labute approximate surface area is 298 Å². The minimum Gasteiger partial charge on any atom is -0.226 e. The Morgan fingerprint density at radius 3 is 1.08 bits per heavy atom. The molecule has 0 unspecified atom stereocenters. The van der Waals surface area contributed by atoms with E-state index in [0.29, 0.717) is 0 Å². The highest BCUT2D eigenvalue weighted by Crippen LogP contribution is 2.29. The van der Waals surface area contributed by atoms with E-state index in [9.17, 15) is 0 Å². The van der Waals surface area contributed by atoms with Crippen LogP contribution in [0, 0.1) is 69.2 Å². The van der Waals surface area contributed by atoms with Crippen LogP contribution in [-0.2, 0) is 26.2 Å². The maximum atomic E-state index is 2.46. The number of hydrogen-bond donors (Lipinski definition) is 0. The van der Waals surface area contributed by atoms with Crippen molar-refractivity contribution in [2.75, 3.05) is 0 Å². The number of para-hydroxylation sites is 4. The number of aromatic nitrogens is 4. The fourth-order valence-corrected chi connectivity index (χ4v) is 8.53. The molecule has 0 spiro atoms. The summed E-state index contributed by atoms with van der Waals surface area (Å²) >= 11 is 0. The van der Waals surface area contributed by atoms with Crippen molar-refractivity contribution in [3.8, 4) is 0 Å². The first-order valence-corrected chi connectivity index (χ1v) is 18.1. The van der Waals surface area contributed by atoms with Crippen molar-refractivity contribution in [1.82, 2.24) is 9.13 Å². The number of aryl methyl sites for hydroxylation is 6. The second kappa shape index (κ2) is 13.1. The van der Waals surface area contributed by atoms with Gasteiger partial charge < -0.3 is 0 Å². The third-order valence-electron chi connectivity index (χ3n) is 11.5. The summed E-state index contributed by atoms with van der Waals surface area (Å²) in [5.74, 6) is 0. The van der Waals surface area contributed by atoms with Gasteiger partial charge in [-0.3, -0.25) is 0 Å². The third kappa shape index (κ3) is 5.95. The van der Waals surface area contributed by atoms with Crippen molar-refractivity contribution in [1.29, 1.82) is 0 Å². The first kappa shape index (κ1) is 33.5. The molecule has 0 aliphatic heterocycles. The molecule has 4 heteroatoms. The van der Waals surface area contributed by atoms with Gasteiger partial charge in [0.1, 0.15) is 26.2 Å². The zero-order chi connectivity index (χ0) is 35.4. The smallest absolute Gasteiger partial charge is 0.226 e. The molecule has 0 amide bonds. The number of benzene rings is 5. The molecule has 0 aliphatic rings. The minimum atomic E-state index is 0.848. The van der Waals surface area contributed by atoms with Gasteiger partial charge in [0.25, 0.3) is 0 Å². The molecule has 0 aliphatic carbocycles. The number of hydrogen-bond acceptors (Lipinski definition) is 0. The molecule has 0 saturated carbocycles. The molecular formula is C46H52N4+2. The molecule has 0 saturated heterocycles. The predicted molar refractivity (Wildman–Crippen MR) is 207 cm³/mol. The Morgan fingerprint density at radius 2 is 0.740 bits per heavy atom. The van der Waals surface area contributed by atoms with E-state index in [-0.39, 0.29) is 0 Å². The molecule has 0 bridgehead atoms. The fourth-order valence-electron chi connectivity index (χ4n) is 8.53. The van der Waals surface area contributed by atoms with E-state index in [1.807, 2.05) is 0 Å². The van der Waals surface area contributed by atoms with Gasteiger partial charge in [-0.15, -0.1) is 0 Å². The Balaban J connectivity index is 1.24. The molecule has 7 rings (SSSR count). The first-order chi connectivity index (χ1) is 23.9. The molecule has 0 atom stereocenters. The minimum absolute atomic E-state index is 0.848. The highest BCUT2D eigenvalue weighted by molar-refractivity contribution is 5.72. The third-order valence-corrected chi connectivity index (χ3v) is 11.5. The van der Waals surface area contributed by atoms with Crippen molar-refractivity contribution in [2.24, 2.45) is 0 Å². The monoisotopic (exact) mass is 660 g/mol. The summed E-state index contributed by atoms with van der Waals surface area (Å²) in [4.78, 5) is 0. The Morgan fingerprint density at radius 1 is 0.420 bits per heavy atom. The first-order valence-electron chi connectivity index (χ1n) is 18.1. The molecule has 0 radical (unpaired) electrons. The van der Waals surface area contributed by atoms with Crippen LogP contribution >= 0.6 is 0 Å². The van der Waals surface area contributed by atoms with Gasteiger partial charge in [0, 0.05) is 0 Å². The molecule has 4 nitrogen and oxygen atoms in total. The number of imidazole rings is 2. The molecule has 0 N–H and O–H groups in total. The van der Waals surface area contributed by atoms with Gasteiger partial charge in [-0.25, -0.2) is 18.3 Å². The maximum Gasteiger partial charge on any atom is 0.245 e. The Hall–Kier alpha value is -4.96. The van der Waals surface area contributed by atoms with Crippen molar-refractivity contribution < 1.29 is 9.13 Å². The van der Waals surface area contributed by atoms with Crippen molar-refractivity contribution in [3.05, 3.63) is 163 Å². The maximum absolute atomic E-state index is 2.46. The second-order valence-corrected chi connectivity index (χ2v) is 14.9. The molecule has 50 heavy (non-hydrogen) atoms. The van der Waals surface area contributed by atoms with Gasteiger partial charge in [-0.05, 0) is 160 Å². The molecule has 2 aromatic heterocycles.